The molecule has 0 fully saturated rings. The van der Waals surface area contributed by atoms with E-state index in [4.69, 9.17) is 27.9 Å². The molecule has 0 aromatic heterocycles. The summed E-state index contributed by atoms with van der Waals surface area (Å²) in [5, 5.41) is 3.89. The number of carbonyl (C=O) groups is 4. The van der Waals surface area contributed by atoms with Gasteiger partial charge in [0.15, 0.2) is 0 Å². The van der Waals surface area contributed by atoms with Gasteiger partial charge in [0.05, 0.1) is 54.8 Å². The van der Waals surface area contributed by atoms with Crippen LogP contribution in [0.25, 0.3) is 0 Å². The third kappa shape index (κ3) is 9.76. The Balaban J connectivity index is 0.000000184. The summed E-state index contributed by atoms with van der Waals surface area (Å²) in [5.41, 5.74) is 2.77. The van der Waals surface area contributed by atoms with Gasteiger partial charge in [-0.3, -0.25) is 9.59 Å². The molecule has 0 saturated heterocycles. The molecule has 6 rings (SSSR count). The van der Waals surface area contributed by atoms with Gasteiger partial charge in [-0.15, -0.1) is 23.5 Å². The van der Waals surface area contributed by atoms with Crippen molar-refractivity contribution in [2.24, 2.45) is 0 Å². The molecular formula is C34H27BrCl2F2N2O6S2. The van der Waals surface area contributed by atoms with Gasteiger partial charge in [-0.05, 0) is 60.7 Å². The summed E-state index contributed by atoms with van der Waals surface area (Å²) < 4.78 is 36.1. The number of ether oxygens (including phenoxy) is 2. The highest BCUT2D eigenvalue weighted by molar-refractivity contribution is 9.08. The minimum Gasteiger partial charge on any atom is -0.465 e. The van der Waals surface area contributed by atoms with Crippen LogP contribution in [0.4, 0.5) is 20.2 Å². The summed E-state index contributed by atoms with van der Waals surface area (Å²) in [6.07, 6.45) is 0. The van der Waals surface area contributed by atoms with E-state index >= 15 is 0 Å². The molecule has 0 bridgehead atoms. The van der Waals surface area contributed by atoms with E-state index in [1.807, 2.05) is 6.07 Å². The first-order valence-electron chi connectivity index (χ1n) is 14.2. The van der Waals surface area contributed by atoms with Crippen LogP contribution in [-0.2, 0) is 30.9 Å². The van der Waals surface area contributed by atoms with Crippen molar-refractivity contribution in [1.82, 2.24) is 0 Å². The number of anilines is 2. The van der Waals surface area contributed by atoms with Gasteiger partial charge in [0, 0.05) is 36.3 Å². The number of benzene rings is 4. The SMILES string of the molecule is COC(=O)c1ccc2c(c1)N(Cc1c(F)cccc1Cl)C(=O)CS2.COC(=O)c1ccc2c(c1)NC(=O)CS2.Fc1cccc(Cl)c1CBr. The Morgan fingerprint density at radius 2 is 1.37 bits per heavy atom. The lowest BCUT2D eigenvalue weighted by Crippen LogP contribution is -2.35. The quantitative estimate of drug-likeness (QED) is 0.158. The molecule has 0 saturated carbocycles. The zero-order chi connectivity index (χ0) is 35.7. The second-order valence-electron chi connectivity index (χ2n) is 10.0. The van der Waals surface area contributed by atoms with Gasteiger partial charge in [-0.2, -0.15) is 0 Å². The molecule has 2 aliphatic rings. The number of nitrogens with zero attached hydrogens (tertiary/aromatic N) is 1. The average molecular weight is 813 g/mol. The molecule has 2 aliphatic heterocycles. The monoisotopic (exact) mass is 810 g/mol. The molecule has 8 nitrogen and oxygen atoms in total. The number of fused-ring (bicyclic) bond motifs is 2. The van der Waals surface area contributed by atoms with Crippen molar-refractivity contribution in [2.45, 2.75) is 21.7 Å². The molecule has 4 aromatic rings. The Bertz CT molecular complexity index is 1860. The van der Waals surface area contributed by atoms with Gasteiger partial charge >= 0.3 is 11.9 Å². The molecule has 1 N–H and O–H groups in total. The highest BCUT2D eigenvalue weighted by Gasteiger charge is 2.27. The van der Waals surface area contributed by atoms with E-state index in [9.17, 15) is 28.0 Å². The van der Waals surface area contributed by atoms with E-state index in [1.54, 1.807) is 48.5 Å². The predicted octanol–water partition coefficient (Wildman–Crippen LogP) is 8.80. The normalized spacial score (nSPS) is 13.0. The van der Waals surface area contributed by atoms with E-state index in [-0.39, 0.29) is 40.5 Å². The van der Waals surface area contributed by atoms with Gasteiger partial charge < -0.3 is 19.7 Å². The summed E-state index contributed by atoms with van der Waals surface area (Å²) >= 11 is 17.7. The van der Waals surface area contributed by atoms with Gasteiger partial charge in [-0.25, -0.2) is 18.4 Å². The number of amides is 2. The number of carbonyl (C=O) groups excluding carboxylic acids is 4. The van der Waals surface area contributed by atoms with Crippen LogP contribution in [-0.4, -0.2) is 49.5 Å². The van der Waals surface area contributed by atoms with Crippen LogP contribution in [0.2, 0.25) is 10.0 Å². The highest BCUT2D eigenvalue weighted by Crippen LogP contribution is 2.38. The summed E-state index contributed by atoms with van der Waals surface area (Å²) in [4.78, 5) is 49.7. The molecule has 4 aromatic carbocycles. The number of hydrogen-bond acceptors (Lipinski definition) is 8. The zero-order valence-corrected chi connectivity index (χ0v) is 30.6. The lowest BCUT2D eigenvalue weighted by molar-refractivity contribution is -0.116. The lowest BCUT2D eigenvalue weighted by atomic mass is 10.1. The average Bonchev–Trinajstić information content (AvgIpc) is 3.10. The summed E-state index contributed by atoms with van der Waals surface area (Å²) in [6.45, 7) is 0.00251. The molecule has 0 unspecified atom stereocenters. The summed E-state index contributed by atoms with van der Waals surface area (Å²) in [6, 6.07) is 19.2. The van der Waals surface area contributed by atoms with Crippen molar-refractivity contribution in [3.63, 3.8) is 0 Å². The Hall–Kier alpha value is -3.62. The van der Waals surface area contributed by atoms with E-state index in [1.165, 1.54) is 60.8 Å². The topological polar surface area (TPSA) is 102 Å². The van der Waals surface area contributed by atoms with Crippen LogP contribution in [0.3, 0.4) is 0 Å². The molecule has 0 atom stereocenters. The van der Waals surface area contributed by atoms with Gasteiger partial charge in [-0.1, -0.05) is 51.3 Å². The highest BCUT2D eigenvalue weighted by atomic mass is 79.9. The van der Waals surface area contributed by atoms with E-state index < -0.39 is 17.8 Å². The standard InChI is InChI=1S/C17H13ClFNO3S.C10H9NO3S.C7H5BrClF/c1-23-17(22)10-5-6-15-14(7-10)20(16(21)9-24-15)8-11-12(18)3-2-4-13(11)19;1-14-10(13)6-2-3-8-7(4-6)11-9(12)5-15-8;8-4-5-6(9)2-1-3-7(5)10/h2-7H,8-9H2,1H3;2-4H,5H2,1H3,(H,11,12);1-3H,4H2. The van der Waals surface area contributed by atoms with Crippen LogP contribution >= 0.6 is 62.7 Å². The van der Waals surface area contributed by atoms with Crippen molar-refractivity contribution in [1.29, 1.82) is 0 Å². The van der Waals surface area contributed by atoms with Crippen LogP contribution in [0, 0.1) is 11.6 Å². The Kier molecular flexibility index (Phi) is 13.9. The second kappa shape index (κ2) is 17.9. The summed E-state index contributed by atoms with van der Waals surface area (Å²) in [7, 11) is 2.62. The smallest absolute Gasteiger partial charge is 0.337 e. The van der Waals surface area contributed by atoms with Crippen LogP contribution in [0.5, 0.6) is 0 Å². The molecule has 49 heavy (non-hydrogen) atoms. The second-order valence-corrected chi connectivity index (χ2v) is 13.4. The molecule has 2 amide bonds. The zero-order valence-electron chi connectivity index (χ0n) is 25.9. The maximum atomic E-state index is 14.1. The molecule has 0 radical (unpaired) electrons. The minimum absolute atomic E-state index is 0.00251. The fourth-order valence-electron chi connectivity index (χ4n) is 4.45. The number of thioether (sulfide) groups is 2. The number of nitrogens with one attached hydrogen (secondary N) is 1. The van der Waals surface area contributed by atoms with Crippen molar-refractivity contribution < 1.29 is 37.4 Å². The lowest BCUT2D eigenvalue weighted by Gasteiger charge is -2.29. The van der Waals surface area contributed by atoms with E-state index in [0.717, 1.165) is 9.79 Å². The van der Waals surface area contributed by atoms with Crippen molar-refractivity contribution in [3.05, 3.63) is 117 Å². The number of hydrogen-bond donors (Lipinski definition) is 1. The van der Waals surface area contributed by atoms with Crippen LogP contribution in [0.1, 0.15) is 31.8 Å². The van der Waals surface area contributed by atoms with Crippen molar-refractivity contribution in [2.75, 3.05) is 35.9 Å². The third-order valence-corrected chi connectivity index (χ3v) is 10.3. The van der Waals surface area contributed by atoms with E-state index in [2.05, 4.69) is 26.0 Å². The van der Waals surface area contributed by atoms with E-state index in [0.29, 0.717) is 44.2 Å². The Labute approximate surface area is 307 Å². The molecule has 15 heteroatoms. The number of rotatable bonds is 5. The van der Waals surface area contributed by atoms with Gasteiger partial charge in [0.2, 0.25) is 11.8 Å². The van der Waals surface area contributed by atoms with Crippen LogP contribution in [0.15, 0.2) is 82.6 Å². The van der Waals surface area contributed by atoms with Gasteiger partial charge in [0.25, 0.3) is 0 Å². The third-order valence-electron chi connectivity index (χ3n) is 6.93. The Morgan fingerprint density at radius 1 is 0.816 bits per heavy atom. The van der Waals surface area contributed by atoms with Crippen molar-refractivity contribution >= 4 is 97.8 Å². The minimum atomic E-state index is -0.496. The largest absolute Gasteiger partial charge is 0.465 e. The number of halogens is 5. The predicted molar refractivity (Wildman–Crippen MR) is 192 cm³/mol. The maximum Gasteiger partial charge on any atom is 0.337 e. The molecule has 2 heterocycles. The van der Waals surface area contributed by atoms with Crippen LogP contribution < -0.4 is 10.2 Å². The van der Waals surface area contributed by atoms with Crippen molar-refractivity contribution in [3.8, 4) is 0 Å². The number of esters is 2. The fraction of sp³-hybridized carbons (Fsp3) is 0.176. The molecule has 0 spiro atoms. The first kappa shape index (κ1) is 38.2. The first-order chi connectivity index (χ1) is 23.5. The molecular weight excluding hydrogens is 785 g/mol. The summed E-state index contributed by atoms with van der Waals surface area (Å²) in [5.74, 6) is -1.18. The molecule has 0 aliphatic carbocycles. The molecule has 256 valence electrons. The fourth-order valence-corrected chi connectivity index (χ4v) is 7.34. The Morgan fingerprint density at radius 3 is 1.92 bits per heavy atom. The van der Waals surface area contributed by atoms with Gasteiger partial charge in [0.1, 0.15) is 11.6 Å². The number of methoxy groups -OCH3 is 2. The maximum absolute atomic E-state index is 14.1. The number of alkyl halides is 1. The first-order valence-corrected chi connectivity index (χ1v) is 18.0.